The molecule has 0 aromatic heterocycles. The molecule has 1 N–H and O–H groups in total. The Bertz CT molecular complexity index is 319. The van der Waals surface area contributed by atoms with Gasteiger partial charge in [0.1, 0.15) is 0 Å². The molecule has 0 atom stereocenters. The van der Waals surface area contributed by atoms with Crippen LogP contribution in [0.1, 0.15) is 24.8 Å². The van der Waals surface area contributed by atoms with E-state index in [2.05, 4.69) is 35.7 Å². The van der Waals surface area contributed by atoms with Crippen LogP contribution in [0.25, 0.3) is 0 Å². The molecule has 0 aliphatic heterocycles. The monoisotopic (exact) mass is 232 g/mol. The van der Waals surface area contributed by atoms with E-state index in [1.807, 2.05) is 6.07 Å². The van der Waals surface area contributed by atoms with Gasteiger partial charge < -0.3 is 10.1 Å². The van der Waals surface area contributed by atoms with Gasteiger partial charge in [-0.25, -0.2) is 0 Å². The molecule has 0 spiro atoms. The van der Waals surface area contributed by atoms with Gasteiger partial charge in [-0.15, -0.1) is 0 Å². The van der Waals surface area contributed by atoms with Crippen molar-refractivity contribution in [1.29, 1.82) is 5.26 Å². The maximum Gasteiger partial charge on any atom is 0.0622 e. The first-order valence-corrected chi connectivity index (χ1v) is 6.13. The second-order valence-corrected chi connectivity index (χ2v) is 3.89. The number of nitrogens with zero attached hydrogens (tertiary/aromatic N) is 1. The number of unbranched alkanes of at least 4 members (excludes halogenated alkanes) is 1. The van der Waals surface area contributed by atoms with E-state index in [1.54, 1.807) is 0 Å². The summed E-state index contributed by atoms with van der Waals surface area (Å²) in [5.74, 6) is 0. The molecule has 0 saturated heterocycles. The summed E-state index contributed by atoms with van der Waals surface area (Å²) in [7, 11) is 0. The molecule has 0 unspecified atom stereocenters. The Balaban J connectivity index is 1.87. The van der Waals surface area contributed by atoms with Crippen LogP contribution in [0.2, 0.25) is 0 Å². The van der Waals surface area contributed by atoms with E-state index in [-0.39, 0.29) is 0 Å². The first-order chi connectivity index (χ1) is 8.43. The maximum atomic E-state index is 8.33. The van der Waals surface area contributed by atoms with Crippen LogP contribution in [-0.4, -0.2) is 19.8 Å². The minimum absolute atomic E-state index is 0.590. The van der Waals surface area contributed by atoms with Gasteiger partial charge in [-0.2, -0.15) is 5.26 Å². The molecule has 17 heavy (non-hydrogen) atoms. The van der Waals surface area contributed by atoms with Gasteiger partial charge in [0.2, 0.25) is 0 Å². The summed E-state index contributed by atoms with van der Waals surface area (Å²) in [6.45, 7) is 3.35. The summed E-state index contributed by atoms with van der Waals surface area (Å²) in [6, 6.07) is 12.5. The van der Waals surface area contributed by atoms with Crippen LogP contribution in [0.5, 0.6) is 0 Å². The molecule has 3 heteroatoms. The minimum atomic E-state index is 0.590. The van der Waals surface area contributed by atoms with Gasteiger partial charge in [0.25, 0.3) is 0 Å². The Kier molecular flexibility index (Phi) is 7.92. The van der Waals surface area contributed by atoms with E-state index in [9.17, 15) is 0 Å². The summed E-state index contributed by atoms with van der Waals surface area (Å²) in [5.41, 5.74) is 1.31. The van der Waals surface area contributed by atoms with Gasteiger partial charge >= 0.3 is 0 Å². The Morgan fingerprint density at radius 2 is 1.88 bits per heavy atom. The third-order valence-electron chi connectivity index (χ3n) is 2.39. The van der Waals surface area contributed by atoms with Crippen molar-refractivity contribution in [3.63, 3.8) is 0 Å². The summed E-state index contributed by atoms with van der Waals surface area (Å²) in [6.07, 6.45) is 2.44. The van der Waals surface area contributed by atoms with Gasteiger partial charge in [-0.1, -0.05) is 30.3 Å². The minimum Gasteiger partial charge on any atom is -0.381 e. The molecule has 0 radical (unpaired) electrons. The van der Waals surface area contributed by atoms with Crippen molar-refractivity contribution < 1.29 is 4.74 Å². The molecule has 1 aromatic rings. The third kappa shape index (κ3) is 7.51. The largest absolute Gasteiger partial charge is 0.381 e. The Labute approximate surface area is 103 Å². The highest BCUT2D eigenvalue weighted by molar-refractivity contribution is 5.14. The van der Waals surface area contributed by atoms with Crippen molar-refractivity contribution in [3.8, 4) is 6.07 Å². The molecule has 3 nitrogen and oxygen atoms in total. The van der Waals surface area contributed by atoms with Crippen LogP contribution in [0.4, 0.5) is 0 Å². The van der Waals surface area contributed by atoms with Gasteiger partial charge in [0, 0.05) is 26.2 Å². The first kappa shape index (κ1) is 13.7. The highest BCUT2D eigenvalue weighted by atomic mass is 16.5. The predicted octanol–water partition coefficient (Wildman–Crippen LogP) is 2.49. The van der Waals surface area contributed by atoms with Gasteiger partial charge in [-0.3, -0.25) is 0 Å². The fraction of sp³-hybridized carbons (Fsp3) is 0.500. The zero-order chi connectivity index (χ0) is 12.2. The molecule has 0 aliphatic rings. The molecule has 0 amide bonds. The van der Waals surface area contributed by atoms with Crippen LogP contribution in [0.15, 0.2) is 30.3 Å². The van der Waals surface area contributed by atoms with Crippen LogP contribution < -0.4 is 5.32 Å². The Hall–Kier alpha value is -1.37. The SMILES string of the molecule is N#CCCCOCCCNCc1ccccc1. The predicted molar refractivity (Wildman–Crippen MR) is 68.4 cm³/mol. The van der Waals surface area contributed by atoms with E-state index in [1.165, 1.54) is 5.56 Å². The fourth-order valence-corrected chi connectivity index (χ4v) is 1.48. The quantitative estimate of drug-likeness (QED) is 0.665. The molecular weight excluding hydrogens is 212 g/mol. The molecule has 0 fully saturated rings. The molecule has 0 saturated carbocycles. The summed E-state index contributed by atoms with van der Waals surface area (Å²) in [4.78, 5) is 0. The topological polar surface area (TPSA) is 45.0 Å². The van der Waals surface area contributed by atoms with Crippen LogP contribution in [0, 0.1) is 11.3 Å². The number of hydrogen-bond donors (Lipinski definition) is 1. The normalized spacial score (nSPS) is 10.1. The maximum absolute atomic E-state index is 8.33. The summed E-state index contributed by atoms with van der Waals surface area (Å²) >= 11 is 0. The standard InChI is InChI=1S/C14H20N2O/c15-9-4-5-11-17-12-6-10-16-13-14-7-2-1-3-8-14/h1-3,7-8,16H,4-6,10-13H2. The molecule has 0 bridgehead atoms. The lowest BCUT2D eigenvalue weighted by Crippen LogP contribution is -2.16. The second kappa shape index (κ2) is 9.83. The van der Waals surface area contributed by atoms with Crippen molar-refractivity contribution in [3.05, 3.63) is 35.9 Å². The Morgan fingerprint density at radius 1 is 1.12 bits per heavy atom. The van der Waals surface area contributed by atoms with E-state index >= 15 is 0 Å². The highest BCUT2D eigenvalue weighted by Gasteiger charge is 1.92. The van der Waals surface area contributed by atoms with Crippen LogP contribution in [-0.2, 0) is 11.3 Å². The van der Waals surface area contributed by atoms with Gasteiger partial charge in [0.15, 0.2) is 0 Å². The lowest BCUT2D eigenvalue weighted by molar-refractivity contribution is 0.130. The number of rotatable bonds is 9. The van der Waals surface area contributed by atoms with Gasteiger partial charge in [-0.05, 0) is 24.9 Å². The average molecular weight is 232 g/mol. The van der Waals surface area contributed by atoms with Crippen molar-refractivity contribution in [2.24, 2.45) is 0 Å². The second-order valence-electron chi connectivity index (χ2n) is 3.89. The van der Waals surface area contributed by atoms with Crippen molar-refractivity contribution in [2.45, 2.75) is 25.8 Å². The van der Waals surface area contributed by atoms with E-state index < -0.39 is 0 Å². The fourth-order valence-electron chi connectivity index (χ4n) is 1.48. The number of hydrogen-bond acceptors (Lipinski definition) is 3. The Morgan fingerprint density at radius 3 is 2.65 bits per heavy atom. The van der Waals surface area contributed by atoms with Gasteiger partial charge in [0.05, 0.1) is 6.07 Å². The summed E-state index contributed by atoms with van der Waals surface area (Å²) in [5, 5.41) is 11.7. The third-order valence-corrected chi connectivity index (χ3v) is 2.39. The number of benzene rings is 1. The molecule has 0 aliphatic carbocycles. The smallest absolute Gasteiger partial charge is 0.0622 e. The van der Waals surface area contributed by atoms with Crippen molar-refractivity contribution in [2.75, 3.05) is 19.8 Å². The zero-order valence-corrected chi connectivity index (χ0v) is 10.2. The number of nitriles is 1. The molecule has 0 heterocycles. The molecular formula is C14H20N2O. The van der Waals surface area contributed by atoms with E-state index in [4.69, 9.17) is 10.00 Å². The highest BCUT2D eigenvalue weighted by Crippen LogP contribution is 1.97. The lowest BCUT2D eigenvalue weighted by atomic mass is 10.2. The van der Waals surface area contributed by atoms with Crippen molar-refractivity contribution >= 4 is 0 Å². The molecule has 92 valence electrons. The number of ether oxygens (including phenoxy) is 1. The van der Waals surface area contributed by atoms with E-state index in [0.29, 0.717) is 13.0 Å². The zero-order valence-electron chi connectivity index (χ0n) is 10.2. The molecule has 1 aromatic carbocycles. The first-order valence-electron chi connectivity index (χ1n) is 6.13. The van der Waals surface area contributed by atoms with Crippen molar-refractivity contribution in [1.82, 2.24) is 5.32 Å². The molecule has 1 rings (SSSR count). The average Bonchev–Trinajstić information content (AvgIpc) is 2.38. The van der Waals surface area contributed by atoms with Crippen LogP contribution in [0.3, 0.4) is 0 Å². The summed E-state index contributed by atoms with van der Waals surface area (Å²) < 4.78 is 5.40. The van der Waals surface area contributed by atoms with E-state index in [0.717, 1.165) is 32.5 Å². The number of nitrogens with one attached hydrogen (secondary N) is 1. The lowest BCUT2D eigenvalue weighted by Gasteiger charge is -2.05. The van der Waals surface area contributed by atoms with Crippen LogP contribution >= 0.6 is 0 Å².